The Bertz CT molecular complexity index is 1390. The highest BCUT2D eigenvalue weighted by molar-refractivity contribution is 7.77. The number of nitrogens with zero attached hydrogens (tertiary/aromatic N) is 4. The van der Waals surface area contributed by atoms with Crippen LogP contribution in [0, 0.1) is 5.82 Å². The fraction of sp³-hybridized carbons (Fsp3) is 0.217. The minimum Gasteiger partial charge on any atom is -0.375 e. The Kier molecular flexibility index (Phi) is 5.83. The molecule has 0 unspecified atom stereocenters. The predicted molar refractivity (Wildman–Crippen MR) is 129 cm³/mol. The van der Waals surface area contributed by atoms with Crippen molar-refractivity contribution >= 4 is 41.0 Å². The van der Waals surface area contributed by atoms with Crippen LogP contribution in [0.3, 0.4) is 0 Å². The molecule has 169 valence electrons. The third-order valence-corrected chi connectivity index (χ3v) is 9.35. The van der Waals surface area contributed by atoms with Gasteiger partial charge < -0.3 is 9.79 Å². The number of aromatic amines is 1. The Morgan fingerprint density at radius 2 is 1.85 bits per heavy atom. The van der Waals surface area contributed by atoms with E-state index in [0.29, 0.717) is 59.2 Å². The zero-order valence-electron chi connectivity index (χ0n) is 17.6. The Labute approximate surface area is 194 Å². The summed E-state index contributed by atoms with van der Waals surface area (Å²) in [5.41, 5.74) is 1.28. The van der Waals surface area contributed by atoms with E-state index in [9.17, 15) is 14.1 Å². The summed E-state index contributed by atoms with van der Waals surface area (Å²) in [4.78, 5) is 33.7. The van der Waals surface area contributed by atoms with Crippen LogP contribution in [0.4, 0.5) is 10.2 Å². The first-order chi connectivity index (χ1) is 15.9. The summed E-state index contributed by atoms with van der Waals surface area (Å²) in [5.74, 6) is 0.305. The molecular formula is C23H21ClFN5O2P. The number of halogens is 2. The Balaban J connectivity index is 1.40. The number of fused-ring (bicyclic) bond motifs is 1. The molecule has 0 aliphatic carbocycles. The van der Waals surface area contributed by atoms with Gasteiger partial charge in [-0.25, -0.2) is 19.5 Å². The number of anilines is 1. The van der Waals surface area contributed by atoms with Crippen molar-refractivity contribution in [3.8, 4) is 0 Å². The van der Waals surface area contributed by atoms with Gasteiger partial charge in [0.1, 0.15) is 23.1 Å². The molecule has 2 aromatic carbocycles. The average Bonchev–Trinajstić information content (AvgIpc) is 2.82. The lowest BCUT2D eigenvalue weighted by molar-refractivity contribution is 0.586. The van der Waals surface area contributed by atoms with E-state index >= 15 is 0 Å². The van der Waals surface area contributed by atoms with E-state index < -0.39 is 13.3 Å². The highest BCUT2D eigenvalue weighted by atomic mass is 35.5. The Morgan fingerprint density at radius 3 is 2.61 bits per heavy atom. The number of aromatic nitrogens is 4. The van der Waals surface area contributed by atoms with Crippen molar-refractivity contribution in [2.45, 2.75) is 6.42 Å². The average molecular weight is 485 g/mol. The quantitative estimate of drug-likeness (QED) is 0.341. The maximum atomic E-state index is 14.9. The van der Waals surface area contributed by atoms with Gasteiger partial charge in [0.25, 0.3) is 5.56 Å². The van der Waals surface area contributed by atoms with E-state index in [1.165, 1.54) is 12.4 Å². The molecule has 1 aliphatic heterocycles. The summed E-state index contributed by atoms with van der Waals surface area (Å²) in [6.07, 6.45) is 2.73. The normalized spacial score (nSPS) is 15.7. The highest BCUT2D eigenvalue weighted by Crippen LogP contribution is 2.55. The molecule has 0 spiro atoms. The molecule has 7 nitrogen and oxygen atoms in total. The molecule has 0 bridgehead atoms. The molecule has 1 aliphatic rings. The van der Waals surface area contributed by atoms with E-state index in [0.717, 1.165) is 10.9 Å². The minimum absolute atomic E-state index is 0.244. The Morgan fingerprint density at radius 1 is 1.09 bits per heavy atom. The molecule has 1 fully saturated rings. The van der Waals surface area contributed by atoms with Gasteiger partial charge in [-0.15, -0.1) is 0 Å². The number of nitrogens with one attached hydrogen (secondary N) is 1. The zero-order valence-corrected chi connectivity index (χ0v) is 19.2. The van der Waals surface area contributed by atoms with Crippen LogP contribution < -0.4 is 15.8 Å². The number of benzene rings is 2. The number of hydrogen-bond acceptors (Lipinski definition) is 6. The van der Waals surface area contributed by atoms with Crippen molar-refractivity contribution in [1.29, 1.82) is 0 Å². The molecule has 4 aromatic rings. The second-order valence-electron chi connectivity index (χ2n) is 8.06. The molecule has 0 saturated carbocycles. The van der Waals surface area contributed by atoms with Crippen molar-refractivity contribution in [2.75, 3.05) is 30.3 Å². The zero-order chi connectivity index (χ0) is 23.0. The van der Waals surface area contributed by atoms with Crippen LogP contribution in [-0.2, 0) is 6.42 Å². The molecule has 2 aromatic heterocycles. The first-order valence-corrected chi connectivity index (χ1v) is 13.0. The van der Waals surface area contributed by atoms with Crippen LogP contribution in [0.1, 0.15) is 11.3 Å². The van der Waals surface area contributed by atoms with Gasteiger partial charge in [0.15, 0.2) is 0 Å². The molecular weight excluding hydrogens is 464 g/mol. The van der Waals surface area contributed by atoms with Gasteiger partial charge in [-0.1, -0.05) is 35.9 Å². The Hall–Kier alpha value is -2.93. The molecule has 1 saturated heterocycles. The summed E-state index contributed by atoms with van der Waals surface area (Å²) >= 11 is 5.97. The third-order valence-electron chi connectivity index (χ3n) is 6.03. The van der Waals surface area contributed by atoms with Gasteiger partial charge in [-0.2, -0.15) is 5.10 Å². The summed E-state index contributed by atoms with van der Waals surface area (Å²) in [7, 11) is -2.68. The molecule has 5 rings (SSSR count). The number of rotatable bonds is 4. The predicted octanol–water partition coefficient (Wildman–Crippen LogP) is 3.17. The number of H-pyrrole nitrogens is 1. The summed E-state index contributed by atoms with van der Waals surface area (Å²) < 4.78 is 14.9. The lowest BCUT2D eigenvalue weighted by Gasteiger charge is -2.40. The molecule has 33 heavy (non-hydrogen) atoms. The molecule has 2 N–H and O–H groups in total. The molecule has 1 radical (unpaired) electrons. The monoisotopic (exact) mass is 484 g/mol. The van der Waals surface area contributed by atoms with Gasteiger partial charge >= 0.3 is 0 Å². The molecule has 3 heterocycles. The largest absolute Gasteiger partial charge is 0.375 e. The van der Waals surface area contributed by atoms with E-state index in [1.807, 2.05) is 17.0 Å². The fourth-order valence-electron chi connectivity index (χ4n) is 4.25. The van der Waals surface area contributed by atoms with E-state index in [4.69, 9.17) is 11.6 Å². The lowest BCUT2D eigenvalue weighted by atomic mass is 10.0. The van der Waals surface area contributed by atoms with Crippen molar-refractivity contribution < 1.29 is 9.28 Å². The first-order valence-electron chi connectivity index (χ1n) is 10.5. The van der Waals surface area contributed by atoms with Gasteiger partial charge in [-0.3, -0.25) is 4.79 Å². The summed E-state index contributed by atoms with van der Waals surface area (Å²) in [6.45, 7) is 1.10. The number of hydrogen-bond donors (Lipinski definition) is 2. The molecule has 0 atom stereocenters. The smallest absolute Gasteiger partial charge is 0.272 e. The minimum atomic E-state index is -2.68. The van der Waals surface area contributed by atoms with E-state index in [-0.39, 0.29) is 5.56 Å². The SMILES string of the molecule is O=c1[nH]nc(Cc2ccc(F)c([P]3(O)CCN(c4cc(Cl)ncn4)CC3)c2)c2ccccc12. The van der Waals surface area contributed by atoms with Crippen LogP contribution in [0.2, 0.25) is 5.15 Å². The van der Waals surface area contributed by atoms with Crippen LogP contribution in [0.5, 0.6) is 0 Å². The lowest BCUT2D eigenvalue weighted by Crippen LogP contribution is -2.40. The maximum absolute atomic E-state index is 14.9. The van der Waals surface area contributed by atoms with Gasteiger partial charge in [0, 0.05) is 56.1 Å². The van der Waals surface area contributed by atoms with E-state index in [2.05, 4.69) is 20.2 Å². The third kappa shape index (κ3) is 4.34. The van der Waals surface area contributed by atoms with Crippen molar-refractivity contribution in [3.05, 3.63) is 87.4 Å². The standard InChI is InChI=1S/C23H21ClFN5O2P/c24-21-13-22(27-14-26-21)30-7-9-33(32,10-8-30)20-12-15(5-6-18(20)25)11-19-16-3-1-2-4-17(16)23(31)29-28-19/h1-6,12-14,32H,7-11H2,(H,29,31). The van der Waals surface area contributed by atoms with Crippen molar-refractivity contribution in [3.63, 3.8) is 0 Å². The van der Waals surface area contributed by atoms with Gasteiger partial charge in [0.05, 0.1) is 11.1 Å². The summed E-state index contributed by atoms with van der Waals surface area (Å²) in [6, 6.07) is 13.8. The van der Waals surface area contributed by atoms with Crippen LogP contribution in [0.25, 0.3) is 10.8 Å². The fourth-order valence-corrected chi connectivity index (χ4v) is 7.12. The van der Waals surface area contributed by atoms with Crippen molar-refractivity contribution in [2.24, 2.45) is 0 Å². The summed E-state index contributed by atoms with van der Waals surface area (Å²) in [5, 5.41) is 8.82. The topological polar surface area (TPSA) is 95.0 Å². The van der Waals surface area contributed by atoms with E-state index in [1.54, 1.807) is 30.3 Å². The van der Waals surface area contributed by atoms with Crippen LogP contribution >= 0.6 is 19.1 Å². The van der Waals surface area contributed by atoms with Crippen LogP contribution in [0.15, 0.2) is 59.7 Å². The molecule has 10 heteroatoms. The second kappa shape index (κ2) is 8.78. The van der Waals surface area contributed by atoms with Gasteiger partial charge in [0.2, 0.25) is 0 Å². The van der Waals surface area contributed by atoms with Crippen molar-refractivity contribution in [1.82, 2.24) is 20.2 Å². The first kappa shape index (κ1) is 21.9. The highest BCUT2D eigenvalue weighted by Gasteiger charge is 2.35. The van der Waals surface area contributed by atoms with Crippen LogP contribution in [-0.4, -0.2) is 50.5 Å². The molecule has 0 amide bonds. The van der Waals surface area contributed by atoms with Gasteiger partial charge in [-0.05, 0) is 23.8 Å². The maximum Gasteiger partial charge on any atom is 0.272 e. The second-order valence-corrected chi connectivity index (χ2v) is 11.7.